The molecule has 0 amide bonds. The molecule has 0 saturated heterocycles. The van der Waals surface area contributed by atoms with E-state index < -0.39 is 0 Å². The maximum Gasteiger partial charge on any atom is 0.0442 e. The van der Waals surface area contributed by atoms with Crippen LogP contribution in [0.3, 0.4) is 0 Å². The van der Waals surface area contributed by atoms with Crippen LogP contribution >= 0.6 is 0 Å². The summed E-state index contributed by atoms with van der Waals surface area (Å²) in [6, 6.07) is 6.94. The van der Waals surface area contributed by atoms with Crippen molar-refractivity contribution in [3.05, 3.63) is 29.3 Å². The van der Waals surface area contributed by atoms with Crippen LogP contribution in [-0.2, 0) is 10.8 Å². The van der Waals surface area contributed by atoms with Gasteiger partial charge < -0.3 is 4.90 Å². The zero-order valence-corrected chi connectivity index (χ0v) is 11.5. The summed E-state index contributed by atoms with van der Waals surface area (Å²) in [5.74, 6) is 0. The van der Waals surface area contributed by atoms with Gasteiger partial charge in [-0.15, -0.1) is 0 Å². The summed E-state index contributed by atoms with van der Waals surface area (Å²) in [5.41, 5.74) is 5.37. The van der Waals surface area contributed by atoms with E-state index in [1.807, 2.05) is 0 Å². The van der Waals surface area contributed by atoms with E-state index in [2.05, 4.69) is 50.8 Å². The molecule has 0 aromatic heterocycles. The smallest absolute Gasteiger partial charge is 0.0442 e. The van der Waals surface area contributed by atoms with Crippen molar-refractivity contribution in [2.45, 2.75) is 58.8 Å². The Kier molecular flexibility index (Phi) is 3.00. The third-order valence-electron chi connectivity index (χ3n) is 4.82. The van der Waals surface area contributed by atoms with Crippen LogP contribution in [-0.4, -0.2) is 13.1 Å². The predicted molar refractivity (Wildman–Crippen MR) is 80.7 cm³/mol. The Morgan fingerprint density at radius 2 is 1.33 bits per heavy atom. The number of para-hydroxylation sites is 1. The van der Waals surface area contributed by atoms with Crippen molar-refractivity contribution in [1.82, 2.24) is 0 Å². The van der Waals surface area contributed by atoms with Gasteiger partial charge in [0.25, 0.3) is 0 Å². The molecule has 1 nitrogen and oxygen atoms in total. The third-order valence-corrected chi connectivity index (χ3v) is 4.82. The lowest BCUT2D eigenvalue weighted by molar-refractivity contribution is 0.401. The van der Waals surface area contributed by atoms with Gasteiger partial charge in [-0.05, 0) is 34.8 Å². The van der Waals surface area contributed by atoms with Gasteiger partial charge in [0, 0.05) is 18.8 Å². The zero-order chi connectivity index (χ0) is 12.3. The van der Waals surface area contributed by atoms with Crippen LogP contribution in [0.15, 0.2) is 18.2 Å². The standard InChI is InChI=1S/C16H23N.CH4/c1-15(2)8-10-17-11-9-16(3,4)13-7-5-6-12(15)14(13)17;/h5-7H,8-11H2,1-4H3;1H4. The second-order valence-corrected chi connectivity index (χ2v) is 6.96. The molecule has 2 aliphatic heterocycles. The first-order valence-electron chi connectivity index (χ1n) is 6.81. The van der Waals surface area contributed by atoms with E-state index in [1.54, 1.807) is 16.8 Å². The van der Waals surface area contributed by atoms with Crippen LogP contribution < -0.4 is 4.90 Å². The topological polar surface area (TPSA) is 3.24 Å². The molecule has 0 fully saturated rings. The molecule has 1 aromatic carbocycles. The summed E-state index contributed by atoms with van der Waals surface area (Å²) in [7, 11) is 0. The summed E-state index contributed by atoms with van der Waals surface area (Å²) in [6.07, 6.45) is 2.56. The molecule has 1 heteroatoms. The minimum atomic E-state index is 0. The largest absolute Gasteiger partial charge is 0.371 e. The molecule has 0 N–H and O–H groups in total. The molecule has 0 aliphatic carbocycles. The SMILES string of the molecule is C.CC1(C)CCN2CCC(C)(C)c3cccc1c32. The molecule has 2 aliphatic rings. The van der Waals surface area contributed by atoms with E-state index in [0.29, 0.717) is 10.8 Å². The highest BCUT2D eigenvalue weighted by molar-refractivity contribution is 5.67. The van der Waals surface area contributed by atoms with E-state index in [4.69, 9.17) is 0 Å². The summed E-state index contributed by atoms with van der Waals surface area (Å²) >= 11 is 0. The Morgan fingerprint density at radius 1 is 0.889 bits per heavy atom. The molecule has 2 heterocycles. The number of hydrogen-bond acceptors (Lipinski definition) is 1. The number of rotatable bonds is 0. The molecule has 0 saturated carbocycles. The van der Waals surface area contributed by atoms with Crippen LogP contribution in [0.1, 0.15) is 59.1 Å². The van der Waals surface area contributed by atoms with Gasteiger partial charge in [0.15, 0.2) is 0 Å². The van der Waals surface area contributed by atoms with Gasteiger partial charge in [-0.25, -0.2) is 0 Å². The van der Waals surface area contributed by atoms with E-state index in [9.17, 15) is 0 Å². The second kappa shape index (κ2) is 4.01. The van der Waals surface area contributed by atoms with Gasteiger partial charge >= 0.3 is 0 Å². The maximum atomic E-state index is 2.61. The molecule has 0 unspecified atom stereocenters. The van der Waals surface area contributed by atoms with E-state index >= 15 is 0 Å². The van der Waals surface area contributed by atoms with Crippen molar-refractivity contribution in [3.63, 3.8) is 0 Å². The summed E-state index contributed by atoms with van der Waals surface area (Å²) in [5, 5.41) is 0. The lowest BCUT2D eigenvalue weighted by Crippen LogP contribution is -2.44. The second-order valence-electron chi connectivity index (χ2n) is 6.96. The molecular formula is C17H27N. The number of hydrogen-bond donors (Lipinski definition) is 0. The molecule has 18 heavy (non-hydrogen) atoms. The molecular weight excluding hydrogens is 218 g/mol. The predicted octanol–water partition coefficient (Wildman–Crippen LogP) is 4.49. The molecule has 1 aromatic rings. The van der Waals surface area contributed by atoms with Crippen LogP contribution in [0.2, 0.25) is 0 Å². The fraction of sp³-hybridized carbons (Fsp3) is 0.647. The highest BCUT2D eigenvalue weighted by Gasteiger charge is 2.39. The van der Waals surface area contributed by atoms with E-state index in [1.165, 1.54) is 25.9 Å². The van der Waals surface area contributed by atoms with Crippen molar-refractivity contribution in [1.29, 1.82) is 0 Å². The lowest BCUT2D eigenvalue weighted by Gasteiger charge is -2.48. The van der Waals surface area contributed by atoms with Gasteiger partial charge in [-0.1, -0.05) is 53.3 Å². The number of anilines is 1. The highest BCUT2D eigenvalue weighted by atomic mass is 15.2. The van der Waals surface area contributed by atoms with Gasteiger partial charge in [0.2, 0.25) is 0 Å². The Morgan fingerprint density at radius 3 is 1.78 bits per heavy atom. The minimum absolute atomic E-state index is 0. The maximum absolute atomic E-state index is 2.61. The normalized spacial score (nSPS) is 23.0. The van der Waals surface area contributed by atoms with Gasteiger partial charge in [-0.2, -0.15) is 0 Å². The van der Waals surface area contributed by atoms with Gasteiger partial charge in [0.1, 0.15) is 0 Å². The highest BCUT2D eigenvalue weighted by Crippen LogP contribution is 2.48. The van der Waals surface area contributed by atoms with Crippen molar-refractivity contribution in [2.75, 3.05) is 18.0 Å². The molecule has 0 radical (unpaired) electrons. The molecule has 0 atom stereocenters. The van der Waals surface area contributed by atoms with Crippen LogP contribution in [0, 0.1) is 0 Å². The third kappa shape index (κ3) is 1.75. The Labute approximate surface area is 112 Å². The first-order valence-corrected chi connectivity index (χ1v) is 6.81. The average molecular weight is 245 g/mol. The fourth-order valence-corrected chi connectivity index (χ4v) is 3.41. The summed E-state index contributed by atoms with van der Waals surface area (Å²) in [6.45, 7) is 12.0. The van der Waals surface area contributed by atoms with Crippen molar-refractivity contribution in [3.8, 4) is 0 Å². The Hall–Kier alpha value is -0.980. The fourth-order valence-electron chi connectivity index (χ4n) is 3.41. The first-order chi connectivity index (χ1) is 7.92. The van der Waals surface area contributed by atoms with Gasteiger partial charge in [-0.3, -0.25) is 0 Å². The summed E-state index contributed by atoms with van der Waals surface area (Å²) < 4.78 is 0. The van der Waals surface area contributed by atoms with Crippen molar-refractivity contribution >= 4 is 5.69 Å². The molecule has 3 rings (SSSR count). The quantitative estimate of drug-likeness (QED) is 0.651. The van der Waals surface area contributed by atoms with Gasteiger partial charge in [0.05, 0.1) is 0 Å². The molecule has 100 valence electrons. The number of nitrogens with zero attached hydrogens (tertiary/aromatic N) is 1. The Balaban J connectivity index is 0.00000120. The van der Waals surface area contributed by atoms with Crippen LogP contribution in [0.25, 0.3) is 0 Å². The van der Waals surface area contributed by atoms with Crippen LogP contribution in [0.5, 0.6) is 0 Å². The lowest BCUT2D eigenvalue weighted by atomic mass is 9.70. The van der Waals surface area contributed by atoms with E-state index in [-0.39, 0.29) is 7.43 Å². The zero-order valence-electron chi connectivity index (χ0n) is 11.5. The van der Waals surface area contributed by atoms with Crippen LogP contribution in [0.4, 0.5) is 5.69 Å². The molecule has 0 bridgehead atoms. The number of benzene rings is 1. The van der Waals surface area contributed by atoms with Crippen molar-refractivity contribution in [2.24, 2.45) is 0 Å². The summed E-state index contributed by atoms with van der Waals surface area (Å²) in [4.78, 5) is 2.61. The van der Waals surface area contributed by atoms with E-state index in [0.717, 1.165) is 0 Å². The first kappa shape index (κ1) is 13.5. The monoisotopic (exact) mass is 245 g/mol. The minimum Gasteiger partial charge on any atom is -0.371 e. The van der Waals surface area contributed by atoms with Crippen molar-refractivity contribution < 1.29 is 0 Å². The average Bonchev–Trinajstić information content (AvgIpc) is 2.27. The Bertz CT molecular complexity index is 418. The molecule has 0 spiro atoms.